The summed E-state index contributed by atoms with van der Waals surface area (Å²) in [4.78, 5) is 12.5. The highest BCUT2D eigenvalue weighted by molar-refractivity contribution is 8.01. The molecule has 0 aliphatic rings. The van der Waals surface area contributed by atoms with E-state index >= 15 is 0 Å². The van der Waals surface area contributed by atoms with Crippen molar-refractivity contribution in [1.82, 2.24) is 4.31 Å². The topological polar surface area (TPSA) is 54.5 Å². The highest BCUT2D eigenvalue weighted by Gasteiger charge is 2.29. The van der Waals surface area contributed by atoms with Crippen molar-refractivity contribution in [1.29, 1.82) is 0 Å². The third-order valence-corrected chi connectivity index (χ3v) is 5.88. The van der Waals surface area contributed by atoms with Crippen molar-refractivity contribution in [3.05, 3.63) is 35.9 Å². The van der Waals surface area contributed by atoms with Gasteiger partial charge in [0.25, 0.3) is 0 Å². The third-order valence-electron chi connectivity index (χ3n) is 3.21. The first-order chi connectivity index (χ1) is 9.68. The SMILES string of the molecule is CCN(CCSC(C)(C)C(=O)c1ccccc1)S(C)(=O)=O. The Bertz CT molecular complexity index is 568. The first kappa shape index (κ1) is 18.2. The molecular weight excluding hydrogens is 306 g/mol. The molecule has 21 heavy (non-hydrogen) atoms. The average Bonchev–Trinajstić information content (AvgIpc) is 2.42. The second-order valence-corrected chi connectivity index (χ2v) is 9.01. The van der Waals surface area contributed by atoms with E-state index in [-0.39, 0.29) is 5.78 Å². The van der Waals surface area contributed by atoms with E-state index in [0.717, 1.165) is 0 Å². The molecule has 1 rings (SSSR count). The summed E-state index contributed by atoms with van der Waals surface area (Å²) in [5.41, 5.74) is 0.686. The molecule has 0 spiro atoms. The van der Waals surface area contributed by atoms with Crippen LogP contribution in [0.25, 0.3) is 0 Å². The lowest BCUT2D eigenvalue weighted by atomic mass is 10.0. The molecule has 0 bridgehead atoms. The van der Waals surface area contributed by atoms with Gasteiger partial charge >= 0.3 is 0 Å². The molecule has 0 fully saturated rings. The van der Waals surface area contributed by atoms with E-state index in [9.17, 15) is 13.2 Å². The van der Waals surface area contributed by atoms with Crippen molar-refractivity contribution in [2.45, 2.75) is 25.5 Å². The lowest BCUT2D eigenvalue weighted by molar-refractivity contribution is 0.0958. The van der Waals surface area contributed by atoms with Gasteiger partial charge in [0.15, 0.2) is 5.78 Å². The number of hydrogen-bond acceptors (Lipinski definition) is 4. The molecule has 1 aromatic rings. The predicted octanol–water partition coefficient (Wildman–Crippen LogP) is 2.66. The zero-order valence-corrected chi connectivity index (χ0v) is 14.6. The maximum absolute atomic E-state index is 12.5. The van der Waals surface area contributed by atoms with Gasteiger partial charge in [0.1, 0.15) is 0 Å². The monoisotopic (exact) mass is 329 g/mol. The van der Waals surface area contributed by atoms with Crippen LogP contribution in [-0.4, -0.2) is 48.4 Å². The number of nitrogens with zero attached hydrogens (tertiary/aromatic N) is 1. The van der Waals surface area contributed by atoms with E-state index in [1.54, 1.807) is 12.1 Å². The Morgan fingerprint density at radius 3 is 2.29 bits per heavy atom. The third kappa shape index (κ3) is 5.45. The van der Waals surface area contributed by atoms with Crippen LogP contribution in [0.5, 0.6) is 0 Å². The Labute approximate surface area is 132 Å². The van der Waals surface area contributed by atoms with E-state index < -0.39 is 14.8 Å². The summed E-state index contributed by atoms with van der Waals surface area (Å²) in [7, 11) is -3.17. The maximum atomic E-state index is 12.5. The fourth-order valence-electron chi connectivity index (χ4n) is 1.96. The van der Waals surface area contributed by atoms with Crippen LogP contribution in [0.2, 0.25) is 0 Å². The lowest BCUT2D eigenvalue weighted by Gasteiger charge is -2.24. The summed E-state index contributed by atoms with van der Waals surface area (Å²) in [6.45, 7) is 6.44. The van der Waals surface area contributed by atoms with Gasteiger partial charge < -0.3 is 0 Å². The average molecular weight is 329 g/mol. The van der Waals surface area contributed by atoms with Crippen molar-refractivity contribution in [3.63, 3.8) is 0 Å². The van der Waals surface area contributed by atoms with Gasteiger partial charge in [-0.15, -0.1) is 11.8 Å². The second kappa shape index (κ2) is 7.42. The van der Waals surface area contributed by atoms with Crippen LogP contribution < -0.4 is 0 Å². The van der Waals surface area contributed by atoms with Crippen LogP contribution in [0.4, 0.5) is 0 Å². The van der Waals surface area contributed by atoms with Crippen LogP contribution >= 0.6 is 11.8 Å². The first-order valence-corrected chi connectivity index (χ1v) is 9.71. The number of ketones is 1. The fourth-order valence-corrected chi connectivity index (χ4v) is 4.04. The van der Waals surface area contributed by atoms with Crippen LogP contribution in [0.15, 0.2) is 30.3 Å². The largest absolute Gasteiger partial charge is 0.293 e. The quantitative estimate of drug-likeness (QED) is 0.688. The zero-order chi connectivity index (χ0) is 16.1. The minimum atomic E-state index is -3.17. The highest BCUT2D eigenvalue weighted by atomic mass is 32.2. The van der Waals surface area contributed by atoms with Gasteiger partial charge in [-0.2, -0.15) is 0 Å². The number of Topliss-reactive ketones (excluding diaryl/α,β-unsaturated/α-hetero) is 1. The summed E-state index contributed by atoms with van der Waals surface area (Å²) >= 11 is 1.49. The molecule has 118 valence electrons. The number of benzene rings is 1. The first-order valence-electron chi connectivity index (χ1n) is 6.87. The van der Waals surface area contributed by atoms with Gasteiger partial charge in [0.05, 0.1) is 11.0 Å². The van der Waals surface area contributed by atoms with Crippen LogP contribution in [0.1, 0.15) is 31.1 Å². The van der Waals surface area contributed by atoms with E-state index in [4.69, 9.17) is 0 Å². The van der Waals surface area contributed by atoms with E-state index in [0.29, 0.717) is 24.4 Å². The Kier molecular flexibility index (Phi) is 6.43. The maximum Gasteiger partial charge on any atom is 0.211 e. The van der Waals surface area contributed by atoms with Gasteiger partial charge in [-0.3, -0.25) is 4.79 Å². The molecule has 0 unspecified atom stereocenters. The van der Waals surface area contributed by atoms with Gasteiger partial charge in [-0.1, -0.05) is 37.3 Å². The number of sulfonamides is 1. The molecule has 0 amide bonds. The van der Waals surface area contributed by atoms with Gasteiger partial charge in [0.2, 0.25) is 10.0 Å². The Hall–Kier alpha value is -0.850. The minimum Gasteiger partial charge on any atom is -0.293 e. The summed E-state index contributed by atoms with van der Waals surface area (Å²) in [5, 5.41) is 0. The van der Waals surface area contributed by atoms with Crippen molar-refractivity contribution in [2.75, 3.05) is 25.1 Å². The molecule has 4 nitrogen and oxygen atoms in total. The molecule has 0 aliphatic heterocycles. The van der Waals surface area contributed by atoms with Gasteiger partial charge in [0, 0.05) is 24.4 Å². The second-order valence-electron chi connectivity index (χ2n) is 5.31. The molecule has 0 aromatic heterocycles. The molecule has 0 saturated heterocycles. The van der Waals surface area contributed by atoms with Crippen LogP contribution in [0, 0.1) is 0 Å². The molecule has 0 saturated carbocycles. The number of thioether (sulfide) groups is 1. The highest BCUT2D eigenvalue weighted by Crippen LogP contribution is 2.28. The Morgan fingerprint density at radius 1 is 1.24 bits per heavy atom. The zero-order valence-electron chi connectivity index (χ0n) is 13.0. The normalized spacial score (nSPS) is 12.6. The molecule has 6 heteroatoms. The summed E-state index contributed by atoms with van der Waals surface area (Å²) in [5.74, 6) is 0.655. The summed E-state index contributed by atoms with van der Waals surface area (Å²) < 4.78 is 23.9. The van der Waals surface area contributed by atoms with Crippen molar-refractivity contribution in [2.24, 2.45) is 0 Å². The standard InChI is InChI=1S/C15H23NO3S2/c1-5-16(21(4,18)19)11-12-20-15(2,3)14(17)13-9-7-6-8-10-13/h6-10H,5,11-12H2,1-4H3. The van der Waals surface area contributed by atoms with E-state index in [1.165, 1.54) is 22.3 Å². The summed E-state index contributed by atoms with van der Waals surface area (Å²) in [6.07, 6.45) is 1.21. The molecule has 0 radical (unpaired) electrons. The van der Waals surface area contributed by atoms with Gasteiger partial charge in [-0.05, 0) is 13.8 Å². The van der Waals surface area contributed by atoms with Crippen molar-refractivity contribution in [3.8, 4) is 0 Å². The van der Waals surface area contributed by atoms with E-state index in [2.05, 4.69) is 0 Å². The Morgan fingerprint density at radius 2 is 1.81 bits per heavy atom. The fraction of sp³-hybridized carbons (Fsp3) is 0.533. The molecule has 0 atom stereocenters. The smallest absolute Gasteiger partial charge is 0.211 e. The summed E-state index contributed by atoms with van der Waals surface area (Å²) in [6, 6.07) is 9.17. The number of hydrogen-bond donors (Lipinski definition) is 0. The molecule has 0 N–H and O–H groups in total. The van der Waals surface area contributed by atoms with Crippen LogP contribution in [-0.2, 0) is 10.0 Å². The van der Waals surface area contributed by atoms with Crippen molar-refractivity contribution < 1.29 is 13.2 Å². The Balaban J connectivity index is 2.63. The van der Waals surface area contributed by atoms with E-state index in [1.807, 2.05) is 39.0 Å². The minimum absolute atomic E-state index is 0.0653. The van der Waals surface area contributed by atoms with Crippen molar-refractivity contribution >= 4 is 27.6 Å². The predicted molar refractivity (Wildman–Crippen MR) is 89.4 cm³/mol. The number of carbonyl (C=O) groups excluding carboxylic acids is 1. The molecule has 1 aromatic carbocycles. The number of carbonyl (C=O) groups is 1. The molecule has 0 heterocycles. The van der Waals surface area contributed by atoms with Crippen LogP contribution in [0.3, 0.4) is 0 Å². The molecular formula is C15H23NO3S2. The number of rotatable bonds is 8. The lowest BCUT2D eigenvalue weighted by Crippen LogP contribution is -2.34. The molecule has 0 aliphatic carbocycles. The van der Waals surface area contributed by atoms with Gasteiger partial charge in [-0.25, -0.2) is 12.7 Å².